The number of nitrogens with one attached hydrogen (secondary N) is 2. The number of fused-ring (bicyclic) bond motifs is 1. The summed E-state index contributed by atoms with van der Waals surface area (Å²) < 4.78 is 5.34. The Morgan fingerprint density at radius 2 is 2.13 bits per heavy atom. The number of aliphatic carboxylic acids is 1. The van der Waals surface area contributed by atoms with Gasteiger partial charge in [-0.05, 0) is 31.0 Å². The van der Waals surface area contributed by atoms with Crippen LogP contribution in [0, 0.1) is 0 Å². The van der Waals surface area contributed by atoms with E-state index in [-0.39, 0.29) is 12.3 Å². The van der Waals surface area contributed by atoms with E-state index >= 15 is 0 Å². The van der Waals surface area contributed by atoms with Gasteiger partial charge in [-0.2, -0.15) is 0 Å². The number of H-pyrrole nitrogens is 1. The topological polar surface area (TPSA) is 91.4 Å². The predicted molar refractivity (Wildman–Crippen MR) is 87.6 cm³/mol. The van der Waals surface area contributed by atoms with E-state index in [1.54, 1.807) is 13.3 Å². The molecule has 2 aromatic rings. The molecule has 0 saturated carbocycles. The molecule has 0 saturated heterocycles. The van der Waals surface area contributed by atoms with E-state index in [1.165, 1.54) is 6.92 Å². The number of ether oxygens (including phenoxy) is 1. The number of aromatic amines is 1. The van der Waals surface area contributed by atoms with Crippen molar-refractivity contribution in [3.63, 3.8) is 0 Å². The Kier molecular flexibility index (Phi) is 4.93. The molecule has 1 aromatic heterocycles. The molecule has 0 bridgehead atoms. The van der Waals surface area contributed by atoms with Gasteiger partial charge in [0.25, 0.3) is 0 Å². The van der Waals surface area contributed by atoms with Crippen LogP contribution in [0.2, 0.25) is 0 Å². The Bertz CT molecular complexity index is 722. The van der Waals surface area contributed by atoms with Crippen LogP contribution in [0.5, 0.6) is 5.75 Å². The van der Waals surface area contributed by atoms with Crippen LogP contribution in [0.1, 0.15) is 32.3 Å². The first kappa shape index (κ1) is 16.9. The minimum atomic E-state index is -1.25. The molecule has 0 aliphatic heterocycles. The predicted octanol–water partition coefficient (Wildman–Crippen LogP) is 2.48. The number of aromatic nitrogens is 1. The van der Waals surface area contributed by atoms with Crippen LogP contribution < -0.4 is 10.1 Å². The molecule has 3 N–H and O–H groups in total. The van der Waals surface area contributed by atoms with Gasteiger partial charge in [-0.25, -0.2) is 4.79 Å². The third-order valence-corrected chi connectivity index (χ3v) is 3.96. The number of carbonyl (C=O) groups is 2. The maximum atomic E-state index is 12.3. The fraction of sp³-hybridized carbons (Fsp3) is 0.412. The SMILES string of the molecule is CCCC(C)(NC(=O)Cc1c[nH]c2cccc(OC)c12)C(=O)O. The monoisotopic (exact) mass is 318 g/mol. The summed E-state index contributed by atoms with van der Waals surface area (Å²) in [4.78, 5) is 26.8. The summed E-state index contributed by atoms with van der Waals surface area (Å²) in [6, 6.07) is 5.60. The van der Waals surface area contributed by atoms with Crippen molar-refractivity contribution in [2.45, 2.75) is 38.6 Å². The van der Waals surface area contributed by atoms with Crippen LogP contribution >= 0.6 is 0 Å². The molecule has 2 rings (SSSR count). The number of hydrogen-bond acceptors (Lipinski definition) is 3. The first-order chi connectivity index (χ1) is 10.9. The van der Waals surface area contributed by atoms with Crippen LogP contribution in [0.3, 0.4) is 0 Å². The number of methoxy groups -OCH3 is 1. The van der Waals surface area contributed by atoms with Crippen molar-refractivity contribution < 1.29 is 19.4 Å². The molecule has 124 valence electrons. The van der Waals surface area contributed by atoms with Crippen molar-refractivity contribution in [1.82, 2.24) is 10.3 Å². The highest BCUT2D eigenvalue weighted by Crippen LogP contribution is 2.29. The lowest BCUT2D eigenvalue weighted by molar-refractivity contribution is -0.147. The third kappa shape index (κ3) is 3.47. The van der Waals surface area contributed by atoms with Gasteiger partial charge in [-0.15, -0.1) is 0 Å². The van der Waals surface area contributed by atoms with Gasteiger partial charge >= 0.3 is 5.97 Å². The maximum Gasteiger partial charge on any atom is 0.329 e. The van der Waals surface area contributed by atoms with Crippen LogP contribution in [0.4, 0.5) is 0 Å². The number of benzene rings is 1. The second kappa shape index (κ2) is 6.73. The van der Waals surface area contributed by atoms with Crippen molar-refractivity contribution in [1.29, 1.82) is 0 Å². The molecule has 1 aromatic carbocycles. The lowest BCUT2D eigenvalue weighted by atomic mass is 9.95. The van der Waals surface area contributed by atoms with Gasteiger partial charge < -0.3 is 20.1 Å². The number of carboxylic acids is 1. The molecule has 0 spiro atoms. The minimum absolute atomic E-state index is 0.0902. The van der Waals surface area contributed by atoms with E-state index in [0.717, 1.165) is 16.5 Å². The van der Waals surface area contributed by atoms with Crippen molar-refractivity contribution in [3.8, 4) is 5.75 Å². The summed E-state index contributed by atoms with van der Waals surface area (Å²) in [5.74, 6) is -0.666. The van der Waals surface area contributed by atoms with Crippen molar-refractivity contribution >= 4 is 22.8 Å². The molecular formula is C17H22N2O4. The van der Waals surface area contributed by atoms with Gasteiger partial charge in [0.2, 0.25) is 5.91 Å². The standard InChI is InChI=1S/C17H22N2O4/c1-4-8-17(2,16(21)22)19-14(20)9-11-10-18-12-6-5-7-13(23-3)15(11)12/h5-7,10,18H,4,8-9H2,1-3H3,(H,19,20)(H,21,22). The highest BCUT2D eigenvalue weighted by molar-refractivity contribution is 5.94. The number of carbonyl (C=O) groups excluding carboxylic acids is 1. The molecule has 1 unspecified atom stereocenters. The molecular weight excluding hydrogens is 296 g/mol. The zero-order valence-electron chi connectivity index (χ0n) is 13.6. The van der Waals surface area contributed by atoms with Gasteiger partial charge in [0.15, 0.2) is 0 Å². The van der Waals surface area contributed by atoms with E-state index in [2.05, 4.69) is 10.3 Å². The third-order valence-electron chi connectivity index (χ3n) is 3.96. The lowest BCUT2D eigenvalue weighted by Crippen LogP contribution is -2.52. The normalized spacial score (nSPS) is 13.5. The first-order valence-corrected chi connectivity index (χ1v) is 7.58. The second-order valence-electron chi connectivity index (χ2n) is 5.81. The fourth-order valence-electron chi connectivity index (χ4n) is 2.78. The van der Waals surface area contributed by atoms with Gasteiger partial charge in [0.1, 0.15) is 11.3 Å². The van der Waals surface area contributed by atoms with Crippen LogP contribution in [0.15, 0.2) is 24.4 Å². The van der Waals surface area contributed by atoms with Crippen LogP contribution in [-0.2, 0) is 16.0 Å². The minimum Gasteiger partial charge on any atom is -0.496 e. The Morgan fingerprint density at radius 1 is 1.39 bits per heavy atom. The summed E-state index contributed by atoms with van der Waals surface area (Å²) in [5.41, 5.74) is 0.406. The molecule has 0 aliphatic rings. The first-order valence-electron chi connectivity index (χ1n) is 7.58. The van der Waals surface area contributed by atoms with Crippen molar-refractivity contribution in [3.05, 3.63) is 30.0 Å². The smallest absolute Gasteiger partial charge is 0.329 e. The number of hydrogen-bond donors (Lipinski definition) is 3. The lowest BCUT2D eigenvalue weighted by Gasteiger charge is -2.25. The highest BCUT2D eigenvalue weighted by atomic mass is 16.5. The summed E-state index contributed by atoms with van der Waals surface area (Å²) >= 11 is 0. The quantitative estimate of drug-likeness (QED) is 0.731. The van der Waals surface area contributed by atoms with E-state index in [9.17, 15) is 14.7 Å². The Hall–Kier alpha value is -2.50. The Morgan fingerprint density at radius 3 is 2.74 bits per heavy atom. The molecule has 6 nitrogen and oxygen atoms in total. The van der Waals surface area contributed by atoms with Gasteiger partial charge in [0, 0.05) is 17.1 Å². The van der Waals surface area contributed by atoms with E-state index in [0.29, 0.717) is 18.6 Å². The zero-order valence-corrected chi connectivity index (χ0v) is 13.6. The van der Waals surface area contributed by atoms with Crippen molar-refractivity contribution in [2.75, 3.05) is 7.11 Å². The Labute approximate surface area is 134 Å². The number of rotatable bonds is 7. The summed E-state index contributed by atoms with van der Waals surface area (Å²) in [7, 11) is 1.58. The van der Waals surface area contributed by atoms with Gasteiger partial charge in [0.05, 0.1) is 13.5 Å². The number of amides is 1. The van der Waals surface area contributed by atoms with Gasteiger partial charge in [-0.1, -0.05) is 19.4 Å². The van der Waals surface area contributed by atoms with E-state index in [1.807, 2.05) is 25.1 Å². The molecule has 6 heteroatoms. The second-order valence-corrected chi connectivity index (χ2v) is 5.81. The van der Waals surface area contributed by atoms with Crippen LogP contribution in [-0.4, -0.2) is 34.6 Å². The zero-order chi connectivity index (χ0) is 17.0. The molecule has 0 aliphatic carbocycles. The highest BCUT2D eigenvalue weighted by Gasteiger charge is 2.33. The number of carboxylic acid groups (broad SMARTS) is 1. The fourth-order valence-corrected chi connectivity index (χ4v) is 2.78. The summed E-state index contributed by atoms with van der Waals surface area (Å²) in [5, 5.41) is 12.8. The molecule has 23 heavy (non-hydrogen) atoms. The van der Waals surface area contributed by atoms with Gasteiger partial charge in [-0.3, -0.25) is 4.79 Å². The van der Waals surface area contributed by atoms with E-state index < -0.39 is 11.5 Å². The van der Waals surface area contributed by atoms with Crippen LogP contribution in [0.25, 0.3) is 10.9 Å². The summed E-state index contributed by atoms with van der Waals surface area (Å²) in [6.07, 6.45) is 2.90. The Balaban J connectivity index is 2.22. The average Bonchev–Trinajstić information content (AvgIpc) is 2.90. The molecule has 1 heterocycles. The summed E-state index contributed by atoms with van der Waals surface area (Å²) in [6.45, 7) is 3.42. The van der Waals surface area contributed by atoms with E-state index in [4.69, 9.17) is 4.74 Å². The maximum absolute atomic E-state index is 12.3. The molecule has 0 radical (unpaired) electrons. The van der Waals surface area contributed by atoms with Crippen molar-refractivity contribution in [2.24, 2.45) is 0 Å². The molecule has 0 fully saturated rings. The molecule has 1 amide bonds. The largest absolute Gasteiger partial charge is 0.496 e. The average molecular weight is 318 g/mol. The molecule has 1 atom stereocenters.